The van der Waals surface area contributed by atoms with Gasteiger partial charge in [0.05, 0.1) is 12.7 Å². The van der Waals surface area contributed by atoms with Crippen molar-refractivity contribution in [2.45, 2.75) is 32.9 Å². The molecular formula is C14H18BrNO4. The van der Waals surface area contributed by atoms with Crippen LogP contribution in [0, 0.1) is 0 Å². The van der Waals surface area contributed by atoms with E-state index in [1.807, 2.05) is 0 Å². The fourth-order valence-corrected chi connectivity index (χ4v) is 2.02. The Morgan fingerprint density at radius 2 is 1.95 bits per heavy atom. The minimum atomic E-state index is -0.528. The molecule has 0 radical (unpaired) electrons. The SMILES string of the molecule is COC(=O)c1ccc(CNC(=O)OC(C)(C)C)cc1Br. The van der Waals surface area contributed by atoms with Gasteiger partial charge < -0.3 is 14.8 Å². The third kappa shape index (κ3) is 5.21. The first kappa shape index (κ1) is 16.5. The smallest absolute Gasteiger partial charge is 0.407 e. The number of carbonyl (C=O) groups is 2. The number of esters is 1. The van der Waals surface area contributed by atoms with Gasteiger partial charge in [-0.15, -0.1) is 0 Å². The molecule has 1 aromatic rings. The van der Waals surface area contributed by atoms with Gasteiger partial charge >= 0.3 is 12.1 Å². The number of halogens is 1. The standard InChI is InChI=1S/C14H18BrNO4/c1-14(2,3)20-13(18)16-8-9-5-6-10(11(15)7-9)12(17)19-4/h5-7H,8H2,1-4H3,(H,16,18). The number of hydrogen-bond donors (Lipinski definition) is 1. The van der Waals surface area contributed by atoms with Crippen LogP contribution >= 0.6 is 15.9 Å². The number of alkyl carbamates (subject to hydrolysis) is 1. The van der Waals surface area contributed by atoms with Gasteiger partial charge in [0.1, 0.15) is 5.60 Å². The topological polar surface area (TPSA) is 64.6 Å². The van der Waals surface area contributed by atoms with Crippen LogP contribution < -0.4 is 5.32 Å². The lowest BCUT2D eigenvalue weighted by molar-refractivity contribution is 0.0522. The summed E-state index contributed by atoms with van der Waals surface area (Å²) < 4.78 is 10.4. The van der Waals surface area contributed by atoms with E-state index in [0.717, 1.165) is 5.56 Å². The fraction of sp³-hybridized carbons (Fsp3) is 0.429. The molecule has 0 atom stereocenters. The van der Waals surface area contributed by atoms with Crippen molar-refractivity contribution < 1.29 is 19.1 Å². The fourth-order valence-electron chi connectivity index (χ4n) is 1.43. The molecule has 20 heavy (non-hydrogen) atoms. The maximum Gasteiger partial charge on any atom is 0.407 e. The highest BCUT2D eigenvalue weighted by atomic mass is 79.9. The van der Waals surface area contributed by atoms with Crippen LogP contribution in [0.2, 0.25) is 0 Å². The van der Waals surface area contributed by atoms with E-state index >= 15 is 0 Å². The van der Waals surface area contributed by atoms with Crippen LogP contribution in [0.3, 0.4) is 0 Å². The summed E-state index contributed by atoms with van der Waals surface area (Å²) in [7, 11) is 1.33. The van der Waals surface area contributed by atoms with Crippen molar-refractivity contribution in [1.82, 2.24) is 5.32 Å². The number of ether oxygens (including phenoxy) is 2. The van der Waals surface area contributed by atoms with Gasteiger partial charge in [0.15, 0.2) is 0 Å². The summed E-state index contributed by atoms with van der Waals surface area (Å²) in [4.78, 5) is 22.9. The van der Waals surface area contributed by atoms with Crippen LogP contribution in [0.15, 0.2) is 22.7 Å². The second kappa shape index (κ2) is 6.74. The van der Waals surface area contributed by atoms with Gasteiger partial charge in [0, 0.05) is 11.0 Å². The van der Waals surface area contributed by atoms with E-state index in [1.54, 1.807) is 39.0 Å². The number of carbonyl (C=O) groups excluding carboxylic acids is 2. The van der Waals surface area contributed by atoms with E-state index in [4.69, 9.17) is 4.74 Å². The lowest BCUT2D eigenvalue weighted by Gasteiger charge is -2.19. The van der Waals surface area contributed by atoms with Crippen molar-refractivity contribution in [1.29, 1.82) is 0 Å². The Morgan fingerprint density at radius 3 is 2.45 bits per heavy atom. The predicted octanol–water partition coefficient (Wildman–Crippen LogP) is 3.26. The summed E-state index contributed by atoms with van der Waals surface area (Å²) in [6.45, 7) is 5.71. The highest BCUT2D eigenvalue weighted by molar-refractivity contribution is 9.10. The highest BCUT2D eigenvalue weighted by Crippen LogP contribution is 2.19. The monoisotopic (exact) mass is 343 g/mol. The number of benzene rings is 1. The Hall–Kier alpha value is -1.56. The van der Waals surface area contributed by atoms with Crippen molar-refractivity contribution >= 4 is 28.0 Å². The number of rotatable bonds is 3. The molecule has 1 rings (SSSR count). The zero-order valence-electron chi connectivity index (χ0n) is 12.0. The van der Waals surface area contributed by atoms with Crippen LogP contribution in [0.4, 0.5) is 4.79 Å². The van der Waals surface area contributed by atoms with Gasteiger partial charge in [-0.05, 0) is 54.4 Å². The predicted molar refractivity (Wildman–Crippen MR) is 78.6 cm³/mol. The number of hydrogen-bond acceptors (Lipinski definition) is 4. The first-order valence-electron chi connectivity index (χ1n) is 6.06. The number of methoxy groups -OCH3 is 1. The molecule has 0 unspecified atom stereocenters. The van der Waals surface area contributed by atoms with Crippen molar-refractivity contribution in [2.24, 2.45) is 0 Å². The molecule has 0 saturated heterocycles. The van der Waals surface area contributed by atoms with E-state index in [2.05, 4.69) is 26.0 Å². The molecule has 0 aliphatic heterocycles. The third-order valence-corrected chi connectivity index (χ3v) is 2.93. The Morgan fingerprint density at radius 1 is 1.30 bits per heavy atom. The van der Waals surface area contributed by atoms with Crippen molar-refractivity contribution in [3.8, 4) is 0 Å². The van der Waals surface area contributed by atoms with Crippen LogP contribution in [0.5, 0.6) is 0 Å². The minimum Gasteiger partial charge on any atom is -0.465 e. The molecule has 1 aromatic carbocycles. The van der Waals surface area contributed by atoms with E-state index in [0.29, 0.717) is 16.6 Å². The molecular weight excluding hydrogens is 326 g/mol. The molecule has 0 fully saturated rings. The van der Waals surface area contributed by atoms with E-state index < -0.39 is 17.7 Å². The average molecular weight is 344 g/mol. The highest BCUT2D eigenvalue weighted by Gasteiger charge is 2.16. The molecule has 5 nitrogen and oxygen atoms in total. The number of nitrogens with one attached hydrogen (secondary N) is 1. The van der Waals surface area contributed by atoms with Crippen molar-refractivity contribution in [3.05, 3.63) is 33.8 Å². The average Bonchev–Trinajstić information content (AvgIpc) is 2.33. The van der Waals surface area contributed by atoms with Gasteiger partial charge in [-0.1, -0.05) is 6.07 Å². The van der Waals surface area contributed by atoms with Crippen LogP contribution in [-0.2, 0) is 16.0 Å². The molecule has 0 spiro atoms. The Labute approximate surface area is 126 Å². The summed E-state index contributed by atoms with van der Waals surface area (Å²) >= 11 is 3.30. The summed E-state index contributed by atoms with van der Waals surface area (Å²) in [6.07, 6.45) is -0.481. The van der Waals surface area contributed by atoms with E-state index in [1.165, 1.54) is 7.11 Å². The number of amides is 1. The molecule has 0 bridgehead atoms. The van der Waals surface area contributed by atoms with Gasteiger partial charge in [0.25, 0.3) is 0 Å². The summed E-state index contributed by atoms with van der Waals surface area (Å²) in [6, 6.07) is 5.14. The largest absolute Gasteiger partial charge is 0.465 e. The van der Waals surface area contributed by atoms with E-state index in [9.17, 15) is 9.59 Å². The lowest BCUT2D eigenvalue weighted by atomic mass is 10.1. The molecule has 0 aliphatic rings. The second-order valence-corrected chi connectivity index (χ2v) is 6.02. The molecule has 110 valence electrons. The minimum absolute atomic E-state index is 0.314. The maximum atomic E-state index is 11.5. The van der Waals surface area contributed by atoms with Gasteiger partial charge in [-0.3, -0.25) is 0 Å². The second-order valence-electron chi connectivity index (χ2n) is 5.16. The van der Waals surface area contributed by atoms with Crippen molar-refractivity contribution in [3.63, 3.8) is 0 Å². The lowest BCUT2D eigenvalue weighted by Crippen LogP contribution is -2.32. The van der Waals surface area contributed by atoms with Gasteiger partial charge in [-0.2, -0.15) is 0 Å². The maximum absolute atomic E-state index is 11.5. The van der Waals surface area contributed by atoms with Crippen LogP contribution in [0.25, 0.3) is 0 Å². The van der Waals surface area contributed by atoms with E-state index in [-0.39, 0.29) is 0 Å². The normalized spacial score (nSPS) is 10.8. The Bertz CT molecular complexity index is 508. The quantitative estimate of drug-likeness (QED) is 0.855. The first-order chi connectivity index (χ1) is 9.23. The Balaban J connectivity index is 2.64. The van der Waals surface area contributed by atoms with Gasteiger partial charge in [0.2, 0.25) is 0 Å². The van der Waals surface area contributed by atoms with Gasteiger partial charge in [-0.25, -0.2) is 9.59 Å². The summed E-state index contributed by atoms with van der Waals surface area (Å²) in [5, 5.41) is 2.65. The molecule has 6 heteroatoms. The Kier molecular flexibility index (Phi) is 5.56. The van der Waals surface area contributed by atoms with Crippen LogP contribution in [0.1, 0.15) is 36.7 Å². The third-order valence-electron chi connectivity index (χ3n) is 2.27. The zero-order valence-corrected chi connectivity index (χ0v) is 13.5. The first-order valence-corrected chi connectivity index (χ1v) is 6.86. The molecule has 0 aliphatic carbocycles. The molecule has 1 amide bonds. The molecule has 0 saturated carbocycles. The zero-order chi connectivity index (χ0) is 15.3. The summed E-state index contributed by atoms with van der Waals surface area (Å²) in [5.74, 6) is -0.413. The van der Waals surface area contributed by atoms with Crippen molar-refractivity contribution in [2.75, 3.05) is 7.11 Å². The summed E-state index contributed by atoms with van der Waals surface area (Å²) in [5.41, 5.74) is 0.753. The molecule has 0 heterocycles. The molecule has 0 aromatic heterocycles. The molecule has 1 N–H and O–H groups in total. The van der Waals surface area contributed by atoms with Crippen LogP contribution in [-0.4, -0.2) is 24.8 Å².